The van der Waals surface area contributed by atoms with E-state index in [1.807, 2.05) is 0 Å². The molecule has 0 aliphatic heterocycles. The quantitative estimate of drug-likeness (QED) is 0.790. The number of hydrogen-bond acceptors (Lipinski definition) is 3. The molecule has 2 aliphatic carbocycles. The SMILES string of the molecule is CC1CC(CN)(C(=O)NCC2(N(C)C)CCCC2)C1. The van der Waals surface area contributed by atoms with Crippen molar-refractivity contribution in [2.45, 2.75) is 51.0 Å². The van der Waals surface area contributed by atoms with E-state index in [1.54, 1.807) is 0 Å². The van der Waals surface area contributed by atoms with Crippen LogP contribution in [-0.2, 0) is 4.79 Å². The van der Waals surface area contributed by atoms with E-state index in [1.165, 1.54) is 25.7 Å². The molecule has 4 heteroatoms. The van der Waals surface area contributed by atoms with Crippen LogP contribution in [0.1, 0.15) is 45.4 Å². The Morgan fingerprint density at radius 2 is 1.89 bits per heavy atom. The van der Waals surface area contributed by atoms with Crippen LogP contribution in [0.2, 0.25) is 0 Å². The summed E-state index contributed by atoms with van der Waals surface area (Å²) in [6.07, 6.45) is 6.81. The molecule has 0 heterocycles. The Balaban J connectivity index is 1.92. The standard InChI is InChI=1S/C15H29N3O/c1-12-8-14(9-12,10-16)13(19)17-11-15(18(2)3)6-4-5-7-15/h12H,4-11,16H2,1-3H3,(H,17,19). The van der Waals surface area contributed by atoms with E-state index >= 15 is 0 Å². The predicted molar refractivity (Wildman–Crippen MR) is 77.8 cm³/mol. The molecule has 110 valence electrons. The number of amides is 1. The topological polar surface area (TPSA) is 58.4 Å². The maximum absolute atomic E-state index is 12.4. The Kier molecular flexibility index (Phi) is 4.21. The number of nitrogens with two attached hydrogens (primary N) is 1. The molecule has 1 amide bonds. The Morgan fingerprint density at radius 3 is 2.32 bits per heavy atom. The van der Waals surface area contributed by atoms with Crippen LogP contribution < -0.4 is 11.1 Å². The molecular formula is C15H29N3O. The van der Waals surface area contributed by atoms with Gasteiger partial charge in [-0.3, -0.25) is 4.79 Å². The van der Waals surface area contributed by atoms with Crippen LogP contribution >= 0.6 is 0 Å². The molecule has 0 unspecified atom stereocenters. The molecule has 0 saturated heterocycles. The van der Waals surface area contributed by atoms with Crippen molar-refractivity contribution in [1.29, 1.82) is 0 Å². The number of rotatable bonds is 5. The number of carbonyl (C=O) groups is 1. The fourth-order valence-corrected chi connectivity index (χ4v) is 3.97. The first-order valence-electron chi connectivity index (χ1n) is 7.60. The Labute approximate surface area is 117 Å². The van der Waals surface area contributed by atoms with Gasteiger partial charge in [-0.1, -0.05) is 19.8 Å². The summed E-state index contributed by atoms with van der Waals surface area (Å²) in [6.45, 7) is 3.45. The van der Waals surface area contributed by atoms with Gasteiger partial charge < -0.3 is 16.0 Å². The monoisotopic (exact) mass is 267 g/mol. The average Bonchev–Trinajstić information content (AvgIpc) is 2.81. The molecule has 4 nitrogen and oxygen atoms in total. The van der Waals surface area contributed by atoms with Crippen molar-refractivity contribution in [3.05, 3.63) is 0 Å². The highest BCUT2D eigenvalue weighted by molar-refractivity contribution is 5.84. The van der Waals surface area contributed by atoms with Gasteiger partial charge in [0.15, 0.2) is 0 Å². The molecular weight excluding hydrogens is 238 g/mol. The molecule has 0 spiro atoms. The highest BCUT2D eigenvalue weighted by Gasteiger charge is 2.48. The summed E-state index contributed by atoms with van der Waals surface area (Å²) in [7, 11) is 4.25. The molecule has 0 bridgehead atoms. The molecule has 0 atom stereocenters. The fourth-order valence-electron chi connectivity index (χ4n) is 3.97. The number of nitrogens with zero attached hydrogens (tertiary/aromatic N) is 1. The molecule has 0 aromatic carbocycles. The number of nitrogens with one attached hydrogen (secondary N) is 1. The van der Waals surface area contributed by atoms with Gasteiger partial charge in [0.05, 0.1) is 5.41 Å². The lowest BCUT2D eigenvalue weighted by atomic mass is 9.62. The summed E-state index contributed by atoms with van der Waals surface area (Å²) in [4.78, 5) is 14.7. The number of carbonyl (C=O) groups excluding carboxylic acids is 1. The molecule has 2 fully saturated rings. The van der Waals surface area contributed by atoms with Gasteiger partial charge in [-0.2, -0.15) is 0 Å². The van der Waals surface area contributed by atoms with Crippen molar-refractivity contribution in [3.8, 4) is 0 Å². The van der Waals surface area contributed by atoms with Crippen molar-refractivity contribution >= 4 is 5.91 Å². The molecule has 2 rings (SSSR count). The molecule has 3 N–H and O–H groups in total. The van der Waals surface area contributed by atoms with Gasteiger partial charge >= 0.3 is 0 Å². The smallest absolute Gasteiger partial charge is 0.227 e. The molecule has 2 saturated carbocycles. The number of likely N-dealkylation sites (N-methyl/N-ethyl adjacent to an activating group) is 1. The van der Waals surface area contributed by atoms with Crippen LogP contribution in [-0.4, -0.2) is 43.5 Å². The van der Waals surface area contributed by atoms with Gasteiger partial charge in [-0.05, 0) is 45.7 Å². The van der Waals surface area contributed by atoms with Crippen LogP contribution in [0.4, 0.5) is 0 Å². The van der Waals surface area contributed by atoms with E-state index in [-0.39, 0.29) is 16.9 Å². The Bertz CT molecular complexity index is 328. The van der Waals surface area contributed by atoms with E-state index in [2.05, 4.69) is 31.2 Å². The second-order valence-electron chi connectivity index (χ2n) is 7.01. The fraction of sp³-hybridized carbons (Fsp3) is 0.933. The summed E-state index contributed by atoms with van der Waals surface area (Å²) in [5.74, 6) is 0.824. The summed E-state index contributed by atoms with van der Waals surface area (Å²) >= 11 is 0. The lowest BCUT2D eigenvalue weighted by Gasteiger charge is -2.45. The lowest BCUT2D eigenvalue weighted by molar-refractivity contribution is -0.138. The first-order chi connectivity index (χ1) is 8.94. The third-order valence-electron chi connectivity index (χ3n) is 5.41. The third kappa shape index (κ3) is 2.65. The van der Waals surface area contributed by atoms with Crippen molar-refractivity contribution in [2.75, 3.05) is 27.2 Å². The van der Waals surface area contributed by atoms with Crippen LogP contribution in [0, 0.1) is 11.3 Å². The average molecular weight is 267 g/mol. The van der Waals surface area contributed by atoms with Crippen molar-refractivity contribution in [3.63, 3.8) is 0 Å². The van der Waals surface area contributed by atoms with Crippen molar-refractivity contribution < 1.29 is 4.79 Å². The van der Waals surface area contributed by atoms with Gasteiger partial charge in [-0.15, -0.1) is 0 Å². The summed E-state index contributed by atoms with van der Waals surface area (Å²) in [5.41, 5.74) is 5.73. The highest BCUT2D eigenvalue weighted by Crippen LogP contribution is 2.45. The van der Waals surface area contributed by atoms with Gasteiger partial charge in [0, 0.05) is 18.6 Å². The predicted octanol–water partition coefficient (Wildman–Crippen LogP) is 1.35. The second-order valence-corrected chi connectivity index (χ2v) is 7.01. The van der Waals surface area contributed by atoms with E-state index < -0.39 is 0 Å². The van der Waals surface area contributed by atoms with E-state index in [4.69, 9.17) is 5.73 Å². The molecule has 2 aliphatic rings. The van der Waals surface area contributed by atoms with Crippen LogP contribution in [0.15, 0.2) is 0 Å². The third-order valence-corrected chi connectivity index (χ3v) is 5.41. The maximum atomic E-state index is 12.4. The van der Waals surface area contributed by atoms with E-state index in [9.17, 15) is 4.79 Å². The van der Waals surface area contributed by atoms with E-state index in [0.29, 0.717) is 12.5 Å². The lowest BCUT2D eigenvalue weighted by Crippen LogP contribution is -2.57. The van der Waals surface area contributed by atoms with Gasteiger partial charge in [-0.25, -0.2) is 0 Å². The largest absolute Gasteiger partial charge is 0.354 e. The molecule has 0 aromatic heterocycles. The maximum Gasteiger partial charge on any atom is 0.227 e. The summed E-state index contributed by atoms with van der Waals surface area (Å²) in [6, 6.07) is 0. The zero-order valence-corrected chi connectivity index (χ0v) is 12.7. The minimum absolute atomic E-state index is 0.167. The minimum atomic E-state index is -0.272. The van der Waals surface area contributed by atoms with Gasteiger partial charge in [0.25, 0.3) is 0 Å². The first-order valence-corrected chi connectivity index (χ1v) is 7.60. The molecule has 0 radical (unpaired) electrons. The zero-order valence-electron chi connectivity index (χ0n) is 12.7. The van der Waals surface area contributed by atoms with Crippen molar-refractivity contribution in [1.82, 2.24) is 10.2 Å². The second kappa shape index (κ2) is 5.41. The van der Waals surface area contributed by atoms with Gasteiger partial charge in [0.2, 0.25) is 5.91 Å². The van der Waals surface area contributed by atoms with Gasteiger partial charge in [0.1, 0.15) is 0 Å². The Morgan fingerprint density at radius 1 is 1.32 bits per heavy atom. The molecule has 19 heavy (non-hydrogen) atoms. The highest BCUT2D eigenvalue weighted by atomic mass is 16.2. The minimum Gasteiger partial charge on any atom is -0.354 e. The molecule has 0 aromatic rings. The van der Waals surface area contributed by atoms with Crippen molar-refractivity contribution in [2.24, 2.45) is 17.1 Å². The van der Waals surface area contributed by atoms with Crippen LogP contribution in [0.25, 0.3) is 0 Å². The normalized spacial score (nSPS) is 33.2. The van der Waals surface area contributed by atoms with Crippen LogP contribution in [0.3, 0.4) is 0 Å². The van der Waals surface area contributed by atoms with Crippen LogP contribution in [0.5, 0.6) is 0 Å². The summed E-state index contributed by atoms with van der Waals surface area (Å²) in [5, 5.41) is 3.20. The van der Waals surface area contributed by atoms with E-state index in [0.717, 1.165) is 19.4 Å². The zero-order chi connectivity index (χ0) is 14.1. The Hall–Kier alpha value is -0.610. The number of hydrogen-bond donors (Lipinski definition) is 2. The summed E-state index contributed by atoms with van der Waals surface area (Å²) < 4.78 is 0. The first kappa shape index (κ1) is 14.8.